The lowest BCUT2D eigenvalue weighted by Crippen LogP contribution is -2.45. The van der Waals surface area contributed by atoms with Gasteiger partial charge < -0.3 is 10.1 Å². The van der Waals surface area contributed by atoms with Crippen molar-refractivity contribution >= 4 is 27.9 Å². The van der Waals surface area contributed by atoms with Gasteiger partial charge in [0, 0.05) is 6.04 Å². The van der Waals surface area contributed by atoms with E-state index < -0.39 is 46.9 Å². The summed E-state index contributed by atoms with van der Waals surface area (Å²) in [4.78, 5) is 34.5. The van der Waals surface area contributed by atoms with Crippen molar-refractivity contribution in [2.24, 2.45) is 0 Å². The van der Waals surface area contributed by atoms with Crippen molar-refractivity contribution in [2.45, 2.75) is 36.6 Å². The fourth-order valence-electron chi connectivity index (χ4n) is 2.50. The van der Waals surface area contributed by atoms with E-state index in [4.69, 9.17) is 0 Å². The third kappa shape index (κ3) is 6.94. The maximum Gasteiger partial charge on any atom is 0.321 e. The second-order valence-corrected chi connectivity index (χ2v) is 7.71. The fourth-order valence-corrected chi connectivity index (χ4v) is 3.47. The van der Waals surface area contributed by atoms with Crippen LogP contribution in [0.15, 0.2) is 29.2 Å². The molecule has 0 bridgehead atoms. The van der Waals surface area contributed by atoms with Gasteiger partial charge in [-0.25, -0.2) is 17.6 Å². The zero-order chi connectivity index (χ0) is 19.9. The quantitative estimate of drug-likeness (QED) is 0.568. The van der Waals surface area contributed by atoms with Crippen molar-refractivity contribution in [3.05, 3.63) is 30.1 Å². The number of nitrogens with one attached hydrogen (secondary N) is 3. The van der Waals surface area contributed by atoms with Crippen LogP contribution in [0.5, 0.6) is 0 Å². The van der Waals surface area contributed by atoms with Crippen molar-refractivity contribution in [2.75, 3.05) is 13.2 Å². The lowest BCUT2D eigenvalue weighted by molar-refractivity contribution is -0.147. The molecule has 1 aromatic rings. The molecule has 0 unspecified atom stereocenters. The monoisotopic (exact) mass is 401 g/mol. The van der Waals surface area contributed by atoms with Crippen LogP contribution in [0.2, 0.25) is 0 Å². The molecule has 3 N–H and O–H groups in total. The van der Waals surface area contributed by atoms with Gasteiger partial charge in [-0.2, -0.15) is 4.72 Å². The van der Waals surface area contributed by atoms with E-state index in [0.29, 0.717) is 0 Å². The highest BCUT2D eigenvalue weighted by molar-refractivity contribution is 7.89. The van der Waals surface area contributed by atoms with E-state index in [2.05, 4.69) is 10.1 Å². The normalized spacial score (nSPS) is 14.6. The van der Waals surface area contributed by atoms with Crippen molar-refractivity contribution in [1.29, 1.82) is 0 Å². The lowest BCUT2D eigenvalue weighted by Gasteiger charge is -2.12. The van der Waals surface area contributed by atoms with Gasteiger partial charge in [0.15, 0.2) is 6.61 Å². The molecule has 0 aromatic heterocycles. The van der Waals surface area contributed by atoms with Gasteiger partial charge in [-0.05, 0) is 37.1 Å². The van der Waals surface area contributed by atoms with Crippen LogP contribution in [0.3, 0.4) is 0 Å². The van der Waals surface area contributed by atoms with Gasteiger partial charge in [0.05, 0.1) is 4.90 Å². The van der Waals surface area contributed by atoms with Crippen LogP contribution in [-0.4, -0.2) is 45.5 Å². The Morgan fingerprint density at radius 1 is 1.11 bits per heavy atom. The summed E-state index contributed by atoms with van der Waals surface area (Å²) < 4.78 is 43.2. The van der Waals surface area contributed by atoms with Crippen LogP contribution < -0.4 is 15.4 Å². The first-order valence-corrected chi connectivity index (χ1v) is 9.76. The Labute approximate surface area is 155 Å². The molecule has 1 saturated carbocycles. The van der Waals surface area contributed by atoms with E-state index >= 15 is 0 Å². The molecule has 1 fully saturated rings. The molecule has 1 aliphatic carbocycles. The summed E-state index contributed by atoms with van der Waals surface area (Å²) in [5.74, 6) is -2.44. The molecule has 2 rings (SSSR count). The molecule has 0 aliphatic heterocycles. The summed E-state index contributed by atoms with van der Waals surface area (Å²) >= 11 is 0. The third-order valence-corrected chi connectivity index (χ3v) is 5.26. The minimum Gasteiger partial charge on any atom is -0.455 e. The number of halogens is 1. The van der Waals surface area contributed by atoms with Gasteiger partial charge in [0.25, 0.3) is 5.91 Å². The molecule has 0 spiro atoms. The van der Waals surface area contributed by atoms with Gasteiger partial charge >= 0.3 is 12.0 Å². The van der Waals surface area contributed by atoms with Crippen LogP contribution in [0.25, 0.3) is 0 Å². The van der Waals surface area contributed by atoms with E-state index in [9.17, 15) is 27.2 Å². The highest BCUT2D eigenvalue weighted by atomic mass is 32.2. The van der Waals surface area contributed by atoms with Gasteiger partial charge in [-0.1, -0.05) is 12.8 Å². The zero-order valence-corrected chi connectivity index (χ0v) is 15.2. The smallest absolute Gasteiger partial charge is 0.321 e. The van der Waals surface area contributed by atoms with E-state index in [0.717, 1.165) is 49.9 Å². The standard InChI is InChI=1S/C16H20FN3O6S/c17-11-5-7-13(8-6-11)27(24,25)18-9-15(22)26-10-14(21)20-16(23)19-12-3-1-2-4-12/h5-8,12,18H,1-4,9-10H2,(H2,19,20,21,23). The maximum atomic E-state index is 12.8. The number of carbonyl (C=O) groups is 3. The van der Waals surface area contributed by atoms with E-state index in [1.165, 1.54) is 0 Å². The van der Waals surface area contributed by atoms with Gasteiger partial charge in [-0.15, -0.1) is 0 Å². The number of hydrogen-bond acceptors (Lipinski definition) is 6. The first-order valence-electron chi connectivity index (χ1n) is 8.27. The summed E-state index contributed by atoms with van der Waals surface area (Å²) in [6, 6.07) is 3.38. The average Bonchev–Trinajstić information content (AvgIpc) is 3.11. The van der Waals surface area contributed by atoms with E-state index in [-0.39, 0.29) is 10.9 Å². The summed E-state index contributed by atoms with van der Waals surface area (Å²) in [6.45, 7) is -1.45. The Hall–Kier alpha value is -2.53. The van der Waals surface area contributed by atoms with E-state index in [1.54, 1.807) is 0 Å². The molecule has 1 aliphatic rings. The topological polar surface area (TPSA) is 131 Å². The molecule has 9 nitrogen and oxygen atoms in total. The summed E-state index contributed by atoms with van der Waals surface area (Å²) in [5.41, 5.74) is 0. The summed E-state index contributed by atoms with van der Waals surface area (Å²) in [7, 11) is -4.03. The summed E-state index contributed by atoms with van der Waals surface area (Å²) in [5, 5.41) is 4.66. The molecular weight excluding hydrogens is 381 g/mol. The number of imide groups is 1. The summed E-state index contributed by atoms with van der Waals surface area (Å²) in [6.07, 6.45) is 3.74. The predicted molar refractivity (Wildman–Crippen MR) is 91.5 cm³/mol. The van der Waals surface area contributed by atoms with E-state index in [1.807, 2.05) is 10.0 Å². The number of esters is 1. The number of benzene rings is 1. The minimum atomic E-state index is -4.03. The first kappa shape index (κ1) is 20.8. The van der Waals surface area contributed by atoms with Crippen LogP contribution in [-0.2, 0) is 24.3 Å². The van der Waals surface area contributed by atoms with Crippen LogP contribution in [0, 0.1) is 5.82 Å². The van der Waals surface area contributed by atoms with Crippen LogP contribution in [0.1, 0.15) is 25.7 Å². The van der Waals surface area contributed by atoms with Crippen molar-refractivity contribution < 1.29 is 31.9 Å². The second-order valence-electron chi connectivity index (χ2n) is 5.94. The third-order valence-electron chi connectivity index (χ3n) is 3.84. The molecule has 1 aromatic carbocycles. The highest BCUT2D eigenvalue weighted by Gasteiger charge is 2.19. The number of ether oxygens (including phenoxy) is 1. The van der Waals surface area contributed by atoms with Gasteiger partial charge in [0.2, 0.25) is 10.0 Å². The van der Waals surface area contributed by atoms with Gasteiger partial charge in [-0.3, -0.25) is 14.9 Å². The highest BCUT2D eigenvalue weighted by Crippen LogP contribution is 2.17. The maximum absolute atomic E-state index is 12.8. The Bertz CT molecular complexity index is 791. The largest absolute Gasteiger partial charge is 0.455 e. The number of carbonyl (C=O) groups excluding carboxylic acids is 3. The molecular formula is C16H20FN3O6S. The first-order chi connectivity index (χ1) is 12.8. The fraction of sp³-hybridized carbons (Fsp3) is 0.438. The predicted octanol–water partition coefficient (Wildman–Crippen LogP) is 0.416. The number of hydrogen-bond donors (Lipinski definition) is 3. The molecule has 11 heteroatoms. The SMILES string of the molecule is O=C(COC(=O)CNS(=O)(=O)c1ccc(F)cc1)NC(=O)NC1CCCC1. The Kier molecular flexibility index (Phi) is 7.25. The Morgan fingerprint density at radius 3 is 2.37 bits per heavy atom. The molecule has 0 saturated heterocycles. The van der Waals surface area contributed by atoms with Crippen LogP contribution in [0.4, 0.5) is 9.18 Å². The van der Waals surface area contributed by atoms with Crippen molar-refractivity contribution in [1.82, 2.24) is 15.4 Å². The van der Waals surface area contributed by atoms with Crippen LogP contribution >= 0.6 is 0 Å². The molecule has 148 valence electrons. The number of urea groups is 1. The van der Waals surface area contributed by atoms with Crippen molar-refractivity contribution in [3.63, 3.8) is 0 Å². The zero-order valence-electron chi connectivity index (χ0n) is 14.4. The number of sulfonamides is 1. The molecule has 0 atom stereocenters. The average molecular weight is 401 g/mol. The lowest BCUT2D eigenvalue weighted by atomic mass is 10.2. The second kappa shape index (κ2) is 9.42. The number of rotatable bonds is 7. The molecule has 27 heavy (non-hydrogen) atoms. The number of amides is 3. The van der Waals surface area contributed by atoms with Crippen molar-refractivity contribution in [3.8, 4) is 0 Å². The Morgan fingerprint density at radius 2 is 1.74 bits per heavy atom. The molecule has 0 heterocycles. The van der Waals surface area contributed by atoms with Gasteiger partial charge in [0.1, 0.15) is 12.4 Å². The minimum absolute atomic E-state index is 0.0289. The Balaban J connectivity index is 1.69. The molecule has 0 radical (unpaired) electrons. The molecule has 3 amide bonds.